The maximum absolute atomic E-state index is 4.44. The van der Waals surface area contributed by atoms with E-state index in [-0.39, 0.29) is 0 Å². The molecule has 3 nitrogen and oxygen atoms in total. The first kappa shape index (κ1) is 13.8. The Morgan fingerprint density at radius 1 is 1.56 bits per heavy atom. The van der Waals surface area contributed by atoms with E-state index in [1.807, 2.05) is 13.1 Å². The summed E-state index contributed by atoms with van der Waals surface area (Å²) in [6.07, 6.45) is 2.02. The van der Waals surface area contributed by atoms with Crippen LogP contribution in [0, 0.1) is 6.92 Å². The van der Waals surface area contributed by atoms with Gasteiger partial charge in [-0.25, -0.2) is 0 Å². The molecule has 0 aliphatic carbocycles. The van der Waals surface area contributed by atoms with Crippen LogP contribution in [0.25, 0.3) is 0 Å². The average Bonchev–Trinajstić information content (AvgIpc) is 2.38. The third-order valence-electron chi connectivity index (χ3n) is 3.55. The Balaban J connectivity index is 2.18. The minimum atomic E-state index is 0.390. The predicted molar refractivity (Wildman–Crippen MR) is 79.1 cm³/mol. The molecule has 0 amide bonds. The van der Waals surface area contributed by atoms with Crippen molar-refractivity contribution in [3.8, 4) is 0 Å². The zero-order valence-electron chi connectivity index (χ0n) is 11.5. The van der Waals surface area contributed by atoms with Gasteiger partial charge < -0.3 is 5.32 Å². The van der Waals surface area contributed by atoms with Crippen LogP contribution in [0.4, 0.5) is 0 Å². The number of hydrogen-bond donors (Lipinski definition) is 1. The maximum atomic E-state index is 4.44. The Morgan fingerprint density at radius 2 is 2.39 bits per heavy atom. The van der Waals surface area contributed by atoms with Crippen LogP contribution in [-0.2, 0) is 0 Å². The van der Waals surface area contributed by atoms with Gasteiger partial charge in [-0.1, -0.05) is 13.0 Å². The second-order valence-electron chi connectivity index (χ2n) is 4.89. The van der Waals surface area contributed by atoms with E-state index >= 15 is 0 Å². The first-order valence-corrected chi connectivity index (χ1v) is 7.81. The summed E-state index contributed by atoms with van der Waals surface area (Å²) in [6, 6.07) is 5.27. The number of rotatable bonds is 4. The van der Waals surface area contributed by atoms with Gasteiger partial charge in [0.15, 0.2) is 0 Å². The molecule has 1 aliphatic heterocycles. The van der Waals surface area contributed by atoms with E-state index < -0.39 is 0 Å². The van der Waals surface area contributed by atoms with Gasteiger partial charge in [0.25, 0.3) is 0 Å². The first-order chi connectivity index (χ1) is 8.72. The molecule has 2 rings (SSSR count). The zero-order valence-corrected chi connectivity index (χ0v) is 12.3. The number of pyridine rings is 1. The molecule has 1 aromatic rings. The molecule has 100 valence electrons. The van der Waals surface area contributed by atoms with Crippen LogP contribution in [0.15, 0.2) is 18.3 Å². The van der Waals surface area contributed by atoms with Crippen molar-refractivity contribution in [3.63, 3.8) is 0 Å². The number of likely N-dealkylation sites (N-methyl/N-ethyl adjacent to an activating group) is 2. The van der Waals surface area contributed by atoms with Gasteiger partial charge in [-0.3, -0.25) is 9.88 Å². The lowest BCUT2D eigenvalue weighted by Crippen LogP contribution is -2.47. The Hall–Kier alpha value is -0.580. The van der Waals surface area contributed by atoms with E-state index in [0.29, 0.717) is 12.1 Å². The average molecular weight is 265 g/mol. The molecular formula is C14H23N3S. The molecule has 2 atom stereocenters. The molecular weight excluding hydrogens is 242 g/mol. The third-order valence-corrected chi connectivity index (χ3v) is 4.59. The van der Waals surface area contributed by atoms with Crippen molar-refractivity contribution in [2.24, 2.45) is 0 Å². The van der Waals surface area contributed by atoms with Crippen molar-refractivity contribution in [2.75, 3.05) is 31.6 Å². The number of hydrogen-bond acceptors (Lipinski definition) is 4. The highest BCUT2D eigenvalue weighted by atomic mass is 32.2. The van der Waals surface area contributed by atoms with Crippen LogP contribution >= 0.6 is 11.8 Å². The van der Waals surface area contributed by atoms with Crippen molar-refractivity contribution in [1.82, 2.24) is 15.2 Å². The molecule has 1 saturated heterocycles. The van der Waals surface area contributed by atoms with Gasteiger partial charge in [0.2, 0.25) is 0 Å². The van der Waals surface area contributed by atoms with Crippen LogP contribution in [-0.4, -0.2) is 47.6 Å². The second kappa shape index (κ2) is 6.55. The van der Waals surface area contributed by atoms with Gasteiger partial charge in [-0.05, 0) is 32.1 Å². The molecule has 2 unspecified atom stereocenters. The molecule has 1 N–H and O–H groups in total. The second-order valence-corrected chi connectivity index (χ2v) is 6.04. The van der Waals surface area contributed by atoms with Crippen LogP contribution in [0.5, 0.6) is 0 Å². The summed E-state index contributed by atoms with van der Waals surface area (Å²) < 4.78 is 0. The van der Waals surface area contributed by atoms with Crippen LogP contribution < -0.4 is 5.32 Å². The highest BCUT2D eigenvalue weighted by Gasteiger charge is 2.28. The summed E-state index contributed by atoms with van der Waals surface area (Å²) in [4.78, 5) is 6.91. The van der Waals surface area contributed by atoms with Crippen molar-refractivity contribution in [1.29, 1.82) is 0 Å². The minimum Gasteiger partial charge on any atom is -0.309 e. The Bertz CT molecular complexity index is 366. The molecule has 1 fully saturated rings. The highest BCUT2D eigenvalue weighted by molar-refractivity contribution is 7.99. The number of aromatic nitrogens is 1. The fourth-order valence-electron chi connectivity index (χ4n) is 2.42. The SMILES string of the molecule is CCNC(c1ccc(C)nc1)C1CSCCN1C. The van der Waals surface area contributed by atoms with Gasteiger partial charge in [-0.15, -0.1) is 0 Å². The Morgan fingerprint density at radius 3 is 3.00 bits per heavy atom. The topological polar surface area (TPSA) is 28.2 Å². The van der Waals surface area contributed by atoms with E-state index in [2.05, 4.69) is 53.1 Å². The number of nitrogens with zero attached hydrogens (tertiary/aromatic N) is 2. The normalized spacial score (nSPS) is 22.9. The lowest BCUT2D eigenvalue weighted by molar-refractivity contribution is 0.217. The smallest absolute Gasteiger partial charge is 0.0501 e. The van der Waals surface area contributed by atoms with E-state index in [4.69, 9.17) is 0 Å². The fraction of sp³-hybridized carbons (Fsp3) is 0.643. The first-order valence-electron chi connectivity index (χ1n) is 6.66. The summed E-state index contributed by atoms with van der Waals surface area (Å²) in [5, 5.41) is 3.62. The number of nitrogens with one attached hydrogen (secondary N) is 1. The van der Waals surface area contributed by atoms with Crippen molar-refractivity contribution < 1.29 is 0 Å². The molecule has 0 radical (unpaired) electrons. The lowest BCUT2D eigenvalue weighted by Gasteiger charge is -2.38. The molecule has 4 heteroatoms. The van der Waals surface area contributed by atoms with Crippen molar-refractivity contribution in [2.45, 2.75) is 25.9 Å². The van der Waals surface area contributed by atoms with E-state index in [1.54, 1.807) is 0 Å². The van der Waals surface area contributed by atoms with E-state index in [0.717, 1.165) is 12.2 Å². The third kappa shape index (κ3) is 3.25. The largest absolute Gasteiger partial charge is 0.309 e. The summed E-state index contributed by atoms with van der Waals surface area (Å²) in [6.45, 7) is 6.38. The van der Waals surface area contributed by atoms with Gasteiger partial charge in [0.1, 0.15) is 0 Å². The lowest BCUT2D eigenvalue weighted by atomic mass is 10.0. The van der Waals surface area contributed by atoms with Crippen LogP contribution in [0.2, 0.25) is 0 Å². The standard InChI is InChI=1S/C14H23N3S/c1-4-15-14(12-6-5-11(2)16-9-12)13-10-18-8-7-17(13)3/h5-6,9,13-15H,4,7-8,10H2,1-3H3. The maximum Gasteiger partial charge on any atom is 0.0501 e. The molecule has 0 spiro atoms. The summed E-state index contributed by atoms with van der Waals surface area (Å²) in [5.41, 5.74) is 2.39. The molecule has 1 aromatic heterocycles. The molecule has 2 heterocycles. The predicted octanol–water partition coefficient (Wildman–Crippen LogP) is 2.09. The van der Waals surface area contributed by atoms with Crippen LogP contribution in [0.1, 0.15) is 24.2 Å². The molecule has 18 heavy (non-hydrogen) atoms. The molecule has 0 bridgehead atoms. The van der Waals surface area contributed by atoms with Gasteiger partial charge in [0.05, 0.1) is 6.04 Å². The van der Waals surface area contributed by atoms with Gasteiger partial charge in [0, 0.05) is 36.0 Å². The number of aryl methyl sites for hydroxylation is 1. The van der Waals surface area contributed by atoms with Crippen LogP contribution in [0.3, 0.4) is 0 Å². The Labute approximate surface area is 114 Å². The van der Waals surface area contributed by atoms with E-state index in [1.165, 1.54) is 23.6 Å². The van der Waals surface area contributed by atoms with Crippen molar-refractivity contribution >= 4 is 11.8 Å². The molecule has 0 saturated carbocycles. The Kier molecular flexibility index (Phi) is 5.03. The molecule has 1 aliphatic rings. The summed E-state index contributed by atoms with van der Waals surface area (Å²) >= 11 is 2.06. The monoisotopic (exact) mass is 265 g/mol. The fourth-order valence-corrected chi connectivity index (χ4v) is 3.69. The van der Waals surface area contributed by atoms with E-state index in [9.17, 15) is 0 Å². The molecule has 0 aromatic carbocycles. The zero-order chi connectivity index (χ0) is 13.0. The summed E-state index contributed by atoms with van der Waals surface area (Å²) in [5.74, 6) is 2.44. The minimum absolute atomic E-state index is 0.390. The van der Waals surface area contributed by atoms with Gasteiger partial charge >= 0.3 is 0 Å². The van der Waals surface area contributed by atoms with Gasteiger partial charge in [-0.2, -0.15) is 11.8 Å². The summed E-state index contributed by atoms with van der Waals surface area (Å²) in [7, 11) is 2.23. The number of thioether (sulfide) groups is 1. The highest BCUT2D eigenvalue weighted by Crippen LogP contribution is 2.26. The quantitative estimate of drug-likeness (QED) is 0.902. The van der Waals surface area contributed by atoms with Crippen molar-refractivity contribution in [3.05, 3.63) is 29.6 Å².